The molecule has 11 heavy (non-hydrogen) atoms. The van der Waals surface area contributed by atoms with Crippen LogP contribution < -0.4 is 10.6 Å². The van der Waals surface area contributed by atoms with E-state index >= 15 is 0 Å². The summed E-state index contributed by atoms with van der Waals surface area (Å²) in [4.78, 5) is 2.80. The molecule has 0 aromatic carbocycles. The van der Waals surface area contributed by atoms with E-state index in [0.717, 1.165) is 13.1 Å². The van der Waals surface area contributed by atoms with Crippen LogP contribution in [0.2, 0.25) is 0 Å². The highest BCUT2D eigenvalue weighted by atomic mass is 32.1. The molecule has 1 heterocycles. The van der Waals surface area contributed by atoms with Crippen molar-refractivity contribution in [3.8, 4) is 0 Å². The summed E-state index contributed by atoms with van der Waals surface area (Å²) >= 11 is 1.86. The van der Waals surface area contributed by atoms with Crippen LogP contribution in [0.1, 0.15) is 9.75 Å². The van der Waals surface area contributed by atoms with Crippen molar-refractivity contribution in [2.45, 2.75) is 13.1 Å². The van der Waals surface area contributed by atoms with Crippen molar-refractivity contribution >= 4 is 11.3 Å². The molecule has 62 valence electrons. The number of thiophene rings is 1. The van der Waals surface area contributed by atoms with Gasteiger partial charge >= 0.3 is 0 Å². The fourth-order valence-corrected chi connectivity index (χ4v) is 2.00. The molecule has 3 heteroatoms. The van der Waals surface area contributed by atoms with Crippen LogP contribution in [0.25, 0.3) is 0 Å². The Balaban J connectivity index is 2.51. The lowest BCUT2D eigenvalue weighted by atomic mass is 10.4. The first-order valence-corrected chi connectivity index (χ1v) is 4.55. The van der Waals surface area contributed by atoms with E-state index in [4.69, 9.17) is 0 Å². The van der Waals surface area contributed by atoms with Gasteiger partial charge in [0.15, 0.2) is 0 Å². The van der Waals surface area contributed by atoms with Crippen molar-refractivity contribution in [2.24, 2.45) is 0 Å². The van der Waals surface area contributed by atoms with Gasteiger partial charge in [0, 0.05) is 22.8 Å². The summed E-state index contributed by atoms with van der Waals surface area (Å²) in [5, 5.41) is 6.26. The van der Waals surface area contributed by atoms with Gasteiger partial charge in [-0.15, -0.1) is 11.3 Å². The molecular formula is C8H14N2S. The first-order valence-electron chi connectivity index (χ1n) is 3.73. The van der Waals surface area contributed by atoms with Gasteiger partial charge in [-0.25, -0.2) is 0 Å². The standard InChI is InChI=1S/C8H14N2S/c1-9-5-7-3-4-8(11-7)6-10-2/h3-4,9-10H,5-6H2,1-2H3. The Labute approximate surface area is 71.6 Å². The molecular weight excluding hydrogens is 156 g/mol. The Kier molecular flexibility index (Phi) is 3.56. The van der Waals surface area contributed by atoms with Gasteiger partial charge in [0.2, 0.25) is 0 Å². The SMILES string of the molecule is CNCc1ccc(CNC)s1. The van der Waals surface area contributed by atoms with Crippen LogP contribution in [-0.2, 0) is 13.1 Å². The van der Waals surface area contributed by atoms with Crippen LogP contribution in [0.5, 0.6) is 0 Å². The van der Waals surface area contributed by atoms with Gasteiger partial charge in [-0.3, -0.25) is 0 Å². The Morgan fingerprint density at radius 2 is 1.55 bits per heavy atom. The summed E-state index contributed by atoms with van der Waals surface area (Å²) in [5.41, 5.74) is 0. The summed E-state index contributed by atoms with van der Waals surface area (Å²) in [5.74, 6) is 0. The molecule has 0 aliphatic heterocycles. The Morgan fingerprint density at radius 1 is 1.09 bits per heavy atom. The monoisotopic (exact) mass is 170 g/mol. The van der Waals surface area contributed by atoms with E-state index in [1.807, 2.05) is 25.4 Å². The fraction of sp³-hybridized carbons (Fsp3) is 0.500. The normalized spacial score (nSPS) is 10.4. The number of nitrogens with one attached hydrogen (secondary N) is 2. The topological polar surface area (TPSA) is 24.1 Å². The largest absolute Gasteiger partial charge is 0.315 e. The molecule has 0 saturated carbocycles. The average molecular weight is 170 g/mol. The van der Waals surface area contributed by atoms with Gasteiger partial charge in [0.05, 0.1) is 0 Å². The molecule has 2 nitrogen and oxygen atoms in total. The predicted octanol–water partition coefficient (Wildman–Crippen LogP) is 1.19. The predicted molar refractivity (Wildman–Crippen MR) is 49.8 cm³/mol. The second-order valence-electron chi connectivity index (χ2n) is 2.43. The average Bonchev–Trinajstić information content (AvgIpc) is 2.38. The van der Waals surface area contributed by atoms with Gasteiger partial charge in [0.25, 0.3) is 0 Å². The van der Waals surface area contributed by atoms with Crippen LogP contribution in [0, 0.1) is 0 Å². The molecule has 0 aliphatic carbocycles. The molecule has 0 unspecified atom stereocenters. The highest BCUT2D eigenvalue weighted by molar-refractivity contribution is 7.11. The van der Waals surface area contributed by atoms with Crippen LogP contribution in [0.3, 0.4) is 0 Å². The zero-order chi connectivity index (χ0) is 8.10. The third-order valence-corrected chi connectivity index (χ3v) is 2.50. The van der Waals surface area contributed by atoms with Crippen molar-refractivity contribution < 1.29 is 0 Å². The smallest absolute Gasteiger partial charge is 0.0296 e. The van der Waals surface area contributed by atoms with Crippen molar-refractivity contribution in [1.82, 2.24) is 10.6 Å². The minimum atomic E-state index is 0.981. The summed E-state index contributed by atoms with van der Waals surface area (Å²) in [7, 11) is 3.94. The summed E-state index contributed by atoms with van der Waals surface area (Å²) in [6.45, 7) is 1.96. The van der Waals surface area contributed by atoms with E-state index in [2.05, 4.69) is 22.8 Å². The third kappa shape index (κ3) is 2.61. The molecule has 2 N–H and O–H groups in total. The number of hydrogen-bond acceptors (Lipinski definition) is 3. The van der Waals surface area contributed by atoms with Gasteiger partial charge < -0.3 is 10.6 Å². The zero-order valence-corrected chi connectivity index (χ0v) is 7.79. The summed E-state index contributed by atoms with van der Waals surface area (Å²) < 4.78 is 0. The Bertz CT molecular complexity index is 187. The van der Waals surface area contributed by atoms with Gasteiger partial charge in [-0.2, -0.15) is 0 Å². The maximum Gasteiger partial charge on any atom is 0.0296 e. The second-order valence-corrected chi connectivity index (χ2v) is 3.68. The second kappa shape index (κ2) is 4.49. The maximum absolute atomic E-state index is 3.13. The van der Waals surface area contributed by atoms with Crippen LogP contribution in [0.15, 0.2) is 12.1 Å². The van der Waals surface area contributed by atoms with Crippen molar-refractivity contribution in [1.29, 1.82) is 0 Å². The molecule has 1 aromatic heterocycles. The highest BCUT2D eigenvalue weighted by Crippen LogP contribution is 2.15. The Morgan fingerprint density at radius 3 is 1.91 bits per heavy atom. The molecule has 0 atom stereocenters. The first-order chi connectivity index (χ1) is 5.36. The quantitative estimate of drug-likeness (QED) is 0.709. The van der Waals surface area contributed by atoms with Crippen molar-refractivity contribution in [2.75, 3.05) is 14.1 Å². The van der Waals surface area contributed by atoms with Gasteiger partial charge in [-0.1, -0.05) is 0 Å². The van der Waals surface area contributed by atoms with E-state index in [0.29, 0.717) is 0 Å². The molecule has 0 aliphatic rings. The number of rotatable bonds is 4. The van der Waals surface area contributed by atoms with Gasteiger partial charge in [-0.05, 0) is 26.2 Å². The van der Waals surface area contributed by atoms with Crippen molar-refractivity contribution in [3.63, 3.8) is 0 Å². The maximum atomic E-state index is 3.13. The molecule has 1 aromatic rings. The molecule has 0 amide bonds. The fourth-order valence-electron chi connectivity index (χ4n) is 0.961. The van der Waals surface area contributed by atoms with E-state index in [-0.39, 0.29) is 0 Å². The zero-order valence-electron chi connectivity index (χ0n) is 6.98. The minimum Gasteiger partial charge on any atom is -0.315 e. The van der Waals surface area contributed by atoms with Crippen LogP contribution >= 0.6 is 11.3 Å². The first kappa shape index (κ1) is 8.71. The lowest BCUT2D eigenvalue weighted by Crippen LogP contribution is -2.03. The lowest BCUT2D eigenvalue weighted by molar-refractivity contribution is 0.830. The molecule has 0 radical (unpaired) electrons. The molecule has 0 saturated heterocycles. The van der Waals surface area contributed by atoms with E-state index in [9.17, 15) is 0 Å². The summed E-state index contributed by atoms with van der Waals surface area (Å²) in [6.07, 6.45) is 0. The van der Waals surface area contributed by atoms with Crippen LogP contribution in [0.4, 0.5) is 0 Å². The number of hydrogen-bond donors (Lipinski definition) is 2. The Hall–Kier alpha value is -0.380. The van der Waals surface area contributed by atoms with Crippen LogP contribution in [-0.4, -0.2) is 14.1 Å². The van der Waals surface area contributed by atoms with E-state index < -0.39 is 0 Å². The third-order valence-electron chi connectivity index (χ3n) is 1.42. The summed E-state index contributed by atoms with van der Waals surface area (Å²) in [6, 6.07) is 4.35. The van der Waals surface area contributed by atoms with E-state index in [1.54, 1.807) is 0 Å². The highest BCUT2D eigenvalue weighted by Gasteiger charge is 1.96. The lowest BCUT2D eigenvalue weighted by Gasteiger charge is -1.93. The van der Waals surface area contributed by atoms with Gasteiger partial charge in [0.1, 0.15) is 0 Å². The van der Waals surface area contributed by atoms with Crippen molar-refractivity contribution in [3.05, 3.63) is 21.9 Å². The molecule has 0 bridgehead atoms. The molecule has 1 rings (SSSR count). The minimum absolute atomic E-state index is 0.981. The molecule has 0 fully saturated rings. The molecule has 0 spiro atoms. The van der Waals surface area contributed by atoms with E-state index in [1.165, 1.54) is 9.75 Å².